The highest BCUT2D eigenvalue weighted by atomic mass is 32.1. The average Bonchev–Trinajstić information content (AvgIpc) is 3.10. The number of carbonyl (C=O) groups excluding carboxylic acids is 2. The summed E-state index contributed by atoms with van der Waals surface area (Å²) >= 11 is 1.52. The van der Waals surface area contributed by atoms with Crippen molar-refractivity contribution in [3.8, 4) is 0 Å². The lowest BCUT2D eigenvalue weighted by Gasteiger charge is -2.13. The monoisotopic (exact) mass is 336 g/mol. The topological polar surface area (TPSA) is 78.4 Å². The molecule has 2 amide bonds. The fourth-order valence-corrected chi connectivity index (χ4v) is 3.29. The predicted octanol–water partition coefficient (Wildman–Crippen LogP) is 2.29. The van der Waals surface area contributed by atoms with E-state index in [-0.39, 0.29) is 6.54 Å². The summed E-state index contributed by atoms with van der Waals surface area (Å²) in [6, 6.07) is 1.85. The van der Waals surface area contributed by atoms with Gasteiger partial charge in [0.05, 0.1) is 6.10 Å². The molecule has 0 fully saturated rings. The minimum Gasteiger partial charge on any atom is -0.388 e. The van der Waals surface area contributed by atoms with Crippen molar-refractivity contribution in [2.24, 2.45) is 0 Å². The van der Waals surface area contributed by atoms with E-state index >= 15 is 0 Å². The molecule has 1 aliphatic carbocycles. The second-order valence-corrected chi connectivity index (χ2v) is 6.51. The molecule has 6 heteroatoms. The SMILES string of the molecule is O=C(NCCC1=CCCCC1)C(=O)NCC[C@H](O)c1ccsc1. The summed E-state index contributed by atoms with van der Waals surface area (Å²) < 4.78 is 0. The summed E-state index contributed by atoms with van der Waals surface area (Å²) in [5.41, 5.74) is 2.21. The normalized spacial score (nSPS) is 15.6. The number of allylic oxidation sites excluding steroid dienone is 1. The number of thiophene rings is 1. The Morgan fingerprint density at radius 1 is 1.22 bits per heavy atom. The van der Waals surface area contributed by atoms with E-state index in [0.29, 0.717) is 13.0 Å². The maximum atomic E-state index is 11.7. The van der Waals surface area contributed by atoms with Crippen LogP contribution in [0.15, 0.2) is 28.5 Å². The minimum absolute atomic E-state index is 0.272. The second kappa shape index (κ2) is 9.47. The number of rotatable bonds is 7. The van der Waals surface area contributed by atoms with Crippen LogP contribution in [-0.2, 0) is 9.59 Å². The summed E-state index contributed by atoms with van der Waals surface area (Å²) in [6.45, 7) is 0.768. The van der Waals surface area contributed by atoms with E-state index in [9.17, 15) is 14.7 Å². The van der Waals surface area contributed by atoms with Gasteiger partial charge in [-0.1, -0.05) is 11.6 Å². The molecule has 0 unspecified atom stereocenters. The maximum absolute atomic E-state index is 11.7. The molecule has 2 rings (SSSR count). The van der Waals surface area contributed by atoms with Gasteiger partial charge in [0.25, 0.3) is 0 Å². The van der Waals surface area contributed by atoms with Gasteiger partial charge in [0, 0.05) is 13.1 Å². The van der Waals surface area contributed by atoms with E-state index in [4.69, 9.17) is 0 Å². The third kappa shape index (κ3) is 6.15. The summed E-state index contributed by atoms with van der Waals surface area (Å²) in [5.74, 6) is -1.24. The van der Waals surface area contributed by atoms with Gasteiger partial charge < -0.3 is 15.7 Å². The van der Waals surface area contributed by atoms with Gasteiger partial charge in [-0.15, -0.1) is 0 Å². The molecule has 1 aliphatic rings. The lowest BCUT2D eigenvalue weighted by molar-refractivity contribution is -0.139. The van der Waals surface area contributed by atoms with E-state index < -0.39 is 17.9 Å². The number of nitrogens with one attached hydrogen (secondary N) is 2. The first kappa shape index (κ1) is 17.7. The molecule has 1 atom stereocenters. The van der Waals surface area contributed by atoms with Crippen molar-refractivity contribution in [3.05, 3.63) is 34.0 Å². The van der Waals surface area contributed by atoms with Crippen LogP contribution in [0.3, 0.4) is 0 Å². The Bertz CT molecular complexity index is 540. The highest BCUT2D eigenvalue weighted by Crippen LogP contribution is 2.19. The molecule has 3 N–H and O–H groups in total. The smallest absolute Gasteiger partial charge is 0.309 e. The fourth-order valence-electron chi connectivity index (χ4n) is 2.58. The lowest BCUT2D eigenvalue weighted by Crippen LogP contribution is -2.40. The molecule has 1 aromatic rings. The zero-order valence-corrected chi connectivity index (χ0v) is 14.0. The standard InChI is InChI=1S/C17H24N2O3S/c20-15(14-8-11-23-12-14)7-10-19-17(22)16(21)18-9-6-13-4-2-1-3-5-13/h4,8,11-12,15,20H,1-3,5-7,9-10H2,(H,18,21)(H,19,22)/t15-/m0/s1. The Kier molecular flexibility index (Phi) is 7.29. The Balaban J connectivity index is 1.59. The largest absolute Gasteiger partial charge is 0.388 e. The third-order valence-corrected chi connectivity index (χ3v) is 4.66. The molecule has 126 valence electrons. The molecule has 0 radical (unpaired) electrons. The molecule has 23 heavy (non-hydrogen) atoms. The summed E-state index contributed by atoms with van der Waals surface area (Å²) in [4.78, 5) is 23.4. The number of aliphatic hydroxyl groups is 1. The van der Waals surface area contributed by atoms with E-state index in [1.165, 1.54) is 29.8 Å². The van der Waals surface area contributed by atoms with Gasteiger partial charge in [-0.2, -0.15) is 11.3 Å². The first-order chi connectivity index (χ1) is 11.2. The van der Waals surface area contributed by atoms with Crippen molar-refractivity contribution < 1.29 is 14.7 Å². The molecule has 5 nitrogen and oxygen atoms in total. The minimum atomic E-state index is -0.639. The molecular formula is C17H24N2O3S. The Hall–Kier alpha value is -1.66. The van der Waals surface area contributed by atoms with Crippen LogP contribution in [0.1, 0.15) is 50.2 Å². The number of amides is 2. The van der Waals surface area contributed by atoms with E-state index in [1.54, 1.807) is 0 Å². The molecule has 1 aromatic heterocycles. The van der Waals surface area contributed by atoms with E-state index in [0.717, 1.165) is 24.8 Å². The van der Waals surface area contributed by atoms with Gasteiger partial charge in [0.2, 0.25) is 0 Å². The summed E-state index contributed by atoms with van der Waals surface area (Å²) in [7, 11) is 0. The molecule has 0 aromatic carbocycles. The highest BCUT2D eigenvalue weighted by Gasteiger charge is 2.14. The van der Waals surface area contributed by atoms with Gasteiger partial charge in [0.15, 0.2) is 0 Å². The fraction of sp³-hybridized carbons (Fsp3) is 0.529. The van der Waals surface area contributed by atoms with Crippen LogP contribution in [-0.4, -0.2) is 30.0 Å². The van der Waals surface area contributed by atoms with Crippen LogP contribution < -0.4 is 10.6 Å². The third-order valence-electron chi connectivity index (χ3n) is 3.95. The Morgan fingerprint density at radius 2 is 2.00 bits per heavy atom. The van der Waals surface area contributed by atoms with Crippen LogP contribution in [0, 0.1) is 0 Å². The highest BCUT2D eigenvalue weighted by molar-refractivity contribution is 7.07. The summed E-state index contributed by atoms with van der Waals surface area (Å²) in [5, 5.41) is 18.8. The Morgan fingerprint density at radius 3 is 2.65 bits per heavy atom. The molecule has 0 aliphatic heterocycles. The quantitative estimate of drug-likeness (QED) is 0.528. The molecular weight excluding hydrogens is 312 g/mol. The van der Waals surface area contributed by atoms with Crippen molar-refractivity contribution in [3.63, 3.8) is 0 Å². The van der Waals surface area contributed by atoms with Gasteiger partial charge in [0.1, 0.15) is 0 Å². The number of carbonyl (C=O) groups is 2. The molecule has 0 spiro atoms. The second-order valence-electron chi connectivity index (χ2n) is 5.73. The van der Waals surface area contributed by atoms with Gasteiger partial charge in [-0.25, -0.2) is 0 Å². The van der Waals surface area contributed by atoms with Crippen molar-refractivity contribution >= 4 is 23.2 Å². The summed E-state index contributed by atoms with van der Waals surface area (Å²) in [6.07, 6.45) is 7.52. The van der Waals surface area contributed by atoms with E-state index in [1.807, 2.05) is 16.8 Å². The van der Waals surface area contributed by atoms with Crippen LogP contribution in [0.25, 0.3) is 0 Å². The number of hydrogen-bond donors (Lipinski definition) is 3. The van der Waals surface area contributed by atoms with Crippen molar-refractivity contribution in [2.75, 3.05) is 13.1 Å². The van der Waals surface area contributed by atoms with Gasteiger partial charge >= 0.3 is 11.8 Å². The van der Waals surface area contributed by atoms with Crippen LogP contribution in [0.2, 0.25) is 0 Å². The van der Waals surface area contributed by atoms with Gasteiger partial charge in [-0.05, 0) is 60.9 Å². The first-order valence-corrected chi connectivity index (χ1v) is 9.05. The zero-order chi connectivity index (χ0) is 16.5. The molecule has 1 heterocycles. The van der Waals surface area contributed by atoms with Crippen molar-refractivity contribution in [1.29, 1.82) is 0 Å². The van der Waals surface area contributed by atoms with Crippen LogP contribution in [0.5, 0.6) is 0 Å². The molecule has 0 saturated heterocycles. The molecule has 0 bridgehead atoms. The zero-order valence-electron chi connectivity index (χ0n) is 13.2. The maximum Gasteiger partial charge on any atom is 0.309 e. The first-order valence-electron chi connectivity index (χ1n) is 8.11. The molecule has 0 saturated carbocycles. The predicted molar refractivity (Wildman–Crippen MR) is 91.1 cm³/mol. The van der Waals surface area contributed by atoms with Gasteiger partial charge in [-0.3, -0.25) is 9.59 Å². The van der Waals surface area contributed by atoms with Crippen molar-refractivity contribution in [1.82, 2.24) is 10.6 Å². The van der Waals surface area contributed by atoms with E-state index in [2.05, 4.69) is 16.7 Å². The van der Waals surface area contributed by atoms with Crippen LogP contribution in [0.4, 0.5) is 0 Å². The number of aliphatic hydroxyl groups excluding tert-OH is 1. The average molecular weight is 336 g/mol. The van der Waals surface area contributed by atoms with Crippen LogP contribution >= 0.6 is 11.3 Å². The number of hydrogen-bond acceptors (Lipinski definition) is 4. The Labute approximate surface area is 140 Å². The lowest BCUT2D eigenvalue weighted by atomic mass is 9.97. The van der Waals surface area contributed by atoms with Crippen molar-refractivity contribution in [2.45, 2.75) is 44.6 Å².